The van der Waals surface area contributed by atoms with Crippen LogP contribution < -0.4 is 5.32 Å². The van der Waals surface area contributed by atoms with Gasteiger partial charge in [0.2, 0.25) is 0 Å². The maximum Gasteiger partial charge on any atom is 0.123 e. The molecule has 1 aliphatic rings. The van der Waals surface area contributed by atoms with E-state index in [-0.39, 0.29) is 11.9 Å². The van der Waals surface area contributed by atoms with E-state index in [1.807, 2.05) is 13.1 Å². The summed E-state index contributed by atoms with van der Waals surface area (Å²) >= 11 is 0. The number of nitrogens with zero attached hydrogens (tertiary/aromatic N) is 1. The molecule has 1 N–H and O–H groups in total. The summed E-state index contributed by atoms with van der Waals surface area (Å²) in [6.45, 7) is 5.51. The summed E-state index contributed by atoms with van der Waals surface area (Å²) in [7, 11) is 2.03. The van der Waals surface area contributed by atoms with Gasteiger partial charge in [-0.15, -0.1) is 0 Å². The summed E-state index contributed by atoms with van der Waals surface area (Å²) in [4.78, 5) is 2.47. The highest BCUT2D eigenvalue weighted by atomic mass is 19.1. The first-order valence-electron chi connectivity index (χ1n) is 6.80. The van der Waals surface area contributed by atoms with E-state index in [4.69, 9.17) is 0 Å². The molecule has 2 nitrogen and oxygen atoms in total. The highest BCUT2D eigenvalue weighted by molar-refractivity contribution is 5.20. The second-order valence-electron chi connectivity index (χ2n) is 5.33. The Morgan fingerprint density at radius 1 is 1.44 bits per heavy atom. The molecule has 1 aromatic carbocycles. The van der Waals surface area contributed by atoms with Crippen molar-refractivity contribution < 1.29 is 4.39 Å². The molecule has 3 unspecified atom stereocenters. The zero-order valence-electron chi connectivity index (χ0n) is 11.5. The first-order valence-corrected chi connectivity index (χ1v) is 6.80. The molecule has 0 radical (unpaired) electrons. The van der Waals surface area contributed by atoms with Gasteiger partial charge in [0.1, 0.15) is 5.82 Å². The van der Waals surface area contributed by atoms with E-state index in [9.17, 15) is 4.39 Å². The number of likely N-dealkylation sites (tertiary alicyclic amines) is 1. The van der Waals surface area contributed by atoms with Crippen molar-refractivity contribution in [2.24, 2.45) is 0 Å². The van der Waals surface area contributed by atoms with Gasteiger partial charge in [0, 0.05) is 24.7 Å². The zero-order chi connectivity index (χ0) is 13.1. The van der Waals surface area contributed by atoms with Gasteiger partial charge in [-0.1, -0.05) is 12.1 Å². The molecular formula is C15H23FN2. The van der Waals surface area contributed by atoms with E-state index < -0.39 is 0 Å². The van der Waals surface area contributed by atoms with E-state index in [2.05, 4.69) is 24.1 Å². The maximum atomic E-state index is 13.3. The number of rotatable bonds is 3. The number of hydrogen-bond acceptors (Lipinski definition) is 2. The van der Waals surface area contributed by atoms with Crippen LogP contribution in [-0.2, 0) is 0 Å². The normalized spacial score (nSPS) is 27.1. The molecule has 0 bridgehead atoms. The molecule has 1 aliphatic heterocycles. The summed E-state index contributed by atoms with van der Waals surface area (Å²) < 4.78 is 13.3. The summed E-state index contributed by atoms with van der Waals surface area (Å²) in [5.74, 6) is -0.142. The van der Waals surface area contributed by atoms with Crippen LogP contribution in [0, 0.1) is 5.82 Å². The van der Waals surface area contributed by atoms with Crippen LogP contribution in [0.4, 0.5) is 4.39 Å². The highest BCUT2D eigenvalue weighted by Gasteiger charge is 2.28. The summed E-state index contributed by atoms with van der Waals surface area (Å²) in [6, 6.07) is 8.42. The van der Waals surface area contributed by atoms with Crippen molar-refractivity contribution in [3.05, 3.63) is 35.6 Å². The molecule has 18 heavy (non-hydrogen) atoms. The molecule has 0 aromatic heterocycles. The Balaban J connectivity index is 2.07. The number of benzene rings is 1. The summed E-state index contributed by atoms with van der Waals surface area (Å²) in [5, 5.41) is 3.36. The number of nitrogens with one attached hydrogen (secondary N) is 1. The Bertz CT molecular complexity index is 394. The Morgan fingerprint density at radius 3 is 2.83 bits per heavy atom. The molecule has 3 heteroatoms. The van der Waals surface area contributed by atoms with E-state index in [0.29, 0.717) is 12.1 Å². The molecule has 0 spiro atoms. The lowest BCUT2D eigenvalue weighted by molar-refractivity contribution is 0.0973. The van der Waals surface area contributed by atoms with Crippen LogP contribution in [0.15, 0.2) is 24.3 Å². The quantitative estimate of drug-likeness (QED) is 0.887. The average molecular weight is 250 g/mol. The molecule has 3 atom stereocenters. The first-order chi connectivity index (χ1) is 8.61. The summed E-state index contributed by atoms with van der Waals surface area (Å²) in [6.07, 6.45) is 2.33. The van der Waals surface area contributed by atoms with Crippen molar-refractivity contribution in [2.45, 2.75) is 44.8 Å². The molecule has 0 amide bonds. The van der Waals surface area contributed by atoms with Crippen LogP contribution in [0.1, 0.15) is 38.3 Å². The van der Waals surface area contributed by atoms with Crippen LogP contribution in [0.2, 0.25) is 0 Å². The topological polar surface area (TPSA) is 15.3 Å². The highest BCUT2D eigenvalue weighted by Crippen LogP contribution is 2.28. The lowest BCUT2D eigenvalue weighted by Gasteiger charge is -2.41. The Hall–Kier alpha value is -0.930. The van der Waals surface area contributed by atoms with E-state index in [1.165, 1.54) is 12.5 Å². The van der Waals surface area contributed by atoms with E-state index in [1.54, 1.807) is 12.1 Å². The number of piperidine rings is 1. The van der Waals surface area contributed by atoms with Crippen molar-refractivity contribution in [3.63, 3.8) is 0 Å². The van der Waals surface area contributed by atoms with Gasteiger partial charge in [0.25, 0.3) is 0 Å². The smallest absolute Gasteiger partial charge is 0.123 e. The second kappa shape index (κ2) is 5.81. The first kappa shape index (κ1) is 13.5. The lowest BCUT2D eigenvalue weighted by Crippen LogP contribution is -2.47. The van der Waals surface area contributed by atoms with Crippen molar-refractivity contribution in [1.82, 2.24) is 10.2 Å². The maximum absolute atomic E-state index is 13.3. The van der Waals surface area contributed by atoms with Crippen LogP contribution in [0.3, 0.4) is 0 Å². The molecule has 1 fully saturated rings. The van der Waals surface area contributed by atoms with E-state index in [0.717, 1.165) is 18.5 Å². The molecular weight excluding hydrogens is 227 g/mol. The van der Waals surface area contributed by atoms with Crippen molar-refractivity contribution in [1.29, 1.82) is 0 Å². The van der Waals surface area contributed by atoms with E-state index >= 15 is 0 Å². The Labute approximate surface area is 109 Å². The molecule has 1 aromatic rings. The number of halogens is 1. The van der Waals surface area contributed by atoms with Gasteiger partial charge in [-0.3, -0.25) is 4.90 Å². The minimum atomic E-state index is -0.142. The van der Waals surface area contributed by atoms with Crippen LogP contribution in [0.5, 0.6) is 0 Å². The third-order valence-electron chi connectivity index (χ3n) is 4.16. The van der Waals surface area contributed by atoms with Gasteiger partial charge in [-0.05, 0) is 51.4 Å². The summed E-state index contributed by atoms with van der Waals surface area (Å²) in [5.41, 5.74) is 1.07. The minimum Gasteiger partial charge on any atom is -0.317 e. The largest absolute Gasteiger partial charge is 0.317 e. The third kappa shape index (κ3) is 2.90. The van der Waals surface area contributed by atoms with Crippen molar-refractivity contribution >= 4 is 0 Å². The monoisotopic (exact) mass is 250 g/mol. The average Bonchev–Trinajstić information content (AvgIpc) is 2.37. The Kier molecular flexibility index (Phi) is 4.36. The SMILES string of the molecule is CNC1CCN(C(C)c2cccc(F)c2)C(C)C1. The number of hydrogen-bond donors (Lipinski definition) is 1. The Morgan fingerprint density at radius 2 is 2.22 bits per heavy atom. The van der Waals surface area contributed by atoms with Crippen LogP contribution >= 0.6 is 0 Å². The minimum absolute atomic E-state index is 0.142. The fourth-order valence-electron chi connectivity index (χ4n) is 2.99. The molecule has 1 saturated heterocycles. The van der Waals surface area contributed by atoms with Crippen LogP contribution in [-0.4, -0.2) is 30.6 Å². The molecule has 100 valence electrons. The van der Waals surface area contributed by atoms with Gasteiger partial charge in [0.05, 0.1) is 0 Å². The zero-order valence-corrected chi connectivity index (χ0v) is 11.5. The van der Waals surface area contributed by atoms with Gasteiger partial charge in [-0.25, -0.2) is 4.39 Å². The van der Waals surface area contributed by atoms with Crippen molar-refractivity contribution in [3.8, 4) is 0 Å². The van der Waals surface area contributed by atoms with Gasteiger partial charge in [-0.2, -0.15) is 0 Å². The molecule has 0 aliphatic carbocycles. The van der Waals surface area contributed by atoms with Gasteiger partial charge >= 0.3 is 0 Å². The fraction of sp³-hybridized carbons (Fsp3) is 0.600. The predicted octanol–water partition coefficient (Wildman–Crippen LogP) is 2.96. The van der Waals surface area contributed by atoms with Gasteiger partial charge in [0.15, 0.2) is 0 Å². The fourth-order valence-corrected chi connectivity index (χ4v) is 2.99. The lowest BCUT2D eigenvalue weighted by atomic mass is 9.95. The molecule has 0 saturated carbocycles. The molecule has 1 heterocycles. The van der Waals surface area contributed by atoms with Gasteiger partial charge < -0.3 is 5.32 Å². The standard InChI is InChI=1S/C15H23FN2/c1-11-9-15(17-3)7-8-18(11)12(2)13-5-4-6-14(16)10-13/h4-6,10-12,15,17H,7-9H2,1-3H3. The molecule has 2 rings (SSSR count). The predicted molar refractivity (Wildman–Crippen MR) is 73.1 cm³/mol. The second-order valence-corrected chi connectivity index (χ2v) is 5.33. The third-order valence-corrected chi connectivity index (χ3v) is 4.16. The van der Waals surface area contributed by atoms with Crippen LogP contribution in [0.25, 0.3) is 0 Å². The van der Waals surface area contributed by atoms with Crippen molar-refractivity contribution in [2.75, 3.05) is 13.6 Å².